The molecule has 2 atom stereocenters. The Morgan fingerprint density at radius 3 is 2.79 bits per heavy atom. The zero-order chi connectivity index (χ0) is 16.5. The van der Waals surface area contributed by atoms with Crippen LogP contribution in [-0.4, -0.2) is 17.6 Å². The number of nitrogens with zero attached hydrogens (tertiary/aromatic N) is 2. The van der Waals surface area contributed by atoms with E-state index in [2.05, 4.69) is 21.7 Å². The van der Waals surface area contributed by atoms with Gasteiger partial charge < -0.3 is 4.90 Å². The average Bonchev–Trinajstić information content (AvgIpc) is 3.20. The molecule has 0 spiro atoms. The molecule has 1 aromatic carbocycles. The first-order valence-electron chi connectivity index (χ1n) is 8.40. The highest BCUT2D eigenvalue weighted by atomic mass is 19.1. The lowest BCUT2D eigenvalue weighted by Gasteiger charge is -2.24. The third-order valence-corrected chi connectivity index (χ3v) is 5.07. The quantitative estimate of drug-likeness (QED) is 0.733. The molecule has 1 aromatic heterocycles. The van der Waals surface area contributed by atoms with Crippen molar-refractivity contribution < 1.29 is 8.78 Å². The molecule has 2 heterocycles. The molecule has 122 valence electrons. The fraction of sp³-hybridized carbons (Fsp3) is 0.350. The van der Waals surface area contributed by atoms with E-state index in [1.807, 2.05) is 12.1 Å². The van der Waals surface area contributed by atoms with Gasteiger partial charge in [0, 0.05) is 24.3 Å². The van der Waals surface area contributed by atoms with Gasteiger partial charge in [0.25, 0.3) is 0 Å². The minimum absolute atomic E-state index is 0.0624. The Bertz CT molecular complexity index is 805. The fourth-order valence-electron chi connectivity index (χ4n) is 3.88. The van der Waals surface area contributed by atoms with E-state index in [0.717, 1.165) is 36.5 Å². The van der Waals surface area contributed by atoms with Crippen LogP contribution in [0.3, 0.4) is 0 Å². The molecule has 2 aromatic rings. The summed E-state index contributed by atoms with van der Waals surface area (Å²) in [7, 11) is 0. The smallest absolute Gasteiger partial charge is 0.139 e. The van der Waals surface area contributed by atoms with Crippen LogP contribution < -0.4 is 4.90 Å². The molecule has 2 aliphatic rings. The van der Waals surface area contributed by atoms with Crippen LogP contribution in [0.25, 0.3) is 0 Å². The predicted octanol–water partition coefficient (Wildman–Crippen LogP) is 4.14. The predicted molar refractivity (Wildman–Crippen MR) is 89.7 cm³/mol. The minimum atomic E-state index is -0.516. The lowest BCUT2D eigenvalue weighted by molar-refractivity contribution is 0.540. The van der Waals surface area contributed by atoms with E-state index in [1.165, 1.54) is 25.7 Å². The van der Waals surface area contributed by atoms with Crippen molar-refractivity contribution in [3.8, 4) is 11.8 Å². The highest BCUT2D eigenvalue weighted by Gasteiger charge is 2.37. The third-order valence-electron chi connectivity index (χ3n) is 5.07. The van der Waals surface area contributed by atoms with Crippen LogP contribution in [0.1, 0.15) is 36.8 Å². The van der Waals surface area contributed by atoms with E-state index in [9.17, 15) is 8.78 Å². The minimum Gasteiger partial charge on any atom is -0.353 e. The van der Waals surface area contributed by atoms with E-state index < -0.39 is 11.6 Å². The number of aromatic nitrogens is 1. The maximum atomic E-state index is 13.6. The first kappa shape index (κ1) is 15.1. The molecule has 4 heteroatoms. The van der Waals surface area contributed by atoms with Gasteiger partial charge in [0.1, 0.15) is 17.5 Å². The van der Waals surface area contributed by atoms with Gasteiger partial charge in [-0.05, 0) is 55.5 Å². The first-order chi connectivity index (χ1) is 11.7. The van der Waals surface area contributed by atoms with Gasteiger partial charge in [-0.1, -0.05) is 18.3 Å². The molecule has 4 rings (SSSR count). The SMILES string of the molecule is Fc1ccc(F)c(C#Cc2ccc(N3CC[C@H]4CCC[C@H]43)nc2)c1. The maximum Gasteiger partial charge on any atom is 0.139 e. The van der Waals surface area contributed by atoms with E-state index in [-0.39, 0.29) is 5.56 Å². The number of pyridine rings is 1. The van der Waals surface area contributed by atoms with Crippen molar-refractivity contribution in [3.63, 3.8) is 0 Å². The Hall–Kier alpha value is -2.41. The highest BCUT2D eigenvalue weighted by Crippen LogP contribution is 2.39. The van der Waals surface area contributed by atoms with Crippen molar-refractivity contribution in [2.45, 2.75) is 31.7 Å². The van der Waals surface area contributed by atoms with Crippen LogP contribution in [0.15, 0.2) is 36.5 Å². The van der Waals surface area contributed by atoms with Gasteiger partial charge in [-0.3, -0.25) is 0 Å². The van der Waals surface area contributed by atoms with E-state index in [0.29, 0.717) is 11.6 Å². The van der Waals surface area contributed by atoms with Crippen molar-refractivity contribution in [3.05, 3.63) is 59.3 Å². The Labute approximate surface area is 140 Å². The van der Waals surface area contributed by atoms with Crippen molar-refractivity contribution in [2.75, 3.05) is 11.4 Å². The standard InChI is InChI=1S/C20H18F2N2/c21-17-7-8-18(22)16(12-17)6-4-14-5-9-20(23-13-14)24-11-10-15-2-1-3-19(15)24/h5,7-9,12-13,15,19H,1-3,10-11H2/t15-,19-/m1/s1. The molecule has 1 saturated carbocycles. The summed E-state index contributed by atoms with van der Waals surface area (Å²) in [6, 6.07) is 7.79. The second kappa shape index (κ2) is 6.24. The summed E-state index contributed by atoms with van der Waals surface area (Å²) in [5.41, 5.74) is 0.761. The Kier molecular flexibility index (Phi) is 3.93. The molecule has 0 amide bonds. The van der Waals surface area contributed by atoms with Gasteiger partial charge >= 0.3 is 0 Å². The normalized spacial score (nSPS) is 22.2. The van der Waals surface area contributed by atoms with Gasteiger partial charge in [0.2, 0.25) is 0 Å². The number of benzene rings is 1. The van der Waals surface area contributed by atoms with Crippen LogP contribution in [0.4, 0.5) is 14.6 Å². The summed E-state index contributed by atoms with van der Waals surface area (Å²) in [4.78, 5) is 6.93. The largest absolute Gasteiger partial charge is 0.353 e. The number of anilines is 1. The molecule has 0 bridgehead atoms. The highest BCUT2D eigenvalue weighted by molar-refractivity contribution is 5.48. The zero-order valence-electron chi connectivity index (χ0n) is 13.3. The van der Waals surface area contributed by atoms with E-state index in [1.54, 1.807) is 6.20 Å². The lowest BCUT2D eigenvalue weighted by Crippen LogP contribution is -2.30. The second-order valence-electron chi connectivity index (χ2n) is 6.52. The Morgan fingerprint density at radius 1 is 1.04 bits per heavy atom. The molecule has 2 nitrogen and oxygen atoms in total. The van der Waals surface area contributed by atoms with Crippen molar-refractivity contribution in [2.24, 2.45) is 5.92 Å². The first-order valence-corrected chi connectivity index (χ1v) is 8.40. The molecule has 0 unspecified atom stereocenters. The molecule has 0 radical (unpaired) electrons. The molecule has 1 aliphatic heterocycles. The summed E-state index contributed by atoms with van der Waals surface area (Å²) in [6.45, 7) is 1.07. The van der Waals surface area contributed by atoms with Gasteiger partial charge in [0.05, 0.1) is 5.56 Å². The molecule has 2 fully saturated rings. The van der Waals surface area contributed by atoms with Crippen molar-refractivity contribution in [1.29, 1.82) is 0 Å². The van der Waals surface area contributed by atoms with Crippen LogP contribution in [0.5, 0.6) is 0 Å². The van der Waals surface area contributed by atoms with Crippen LogP contribution in [0, 0.1) is 29.4 Å². The van der Waals surface area contributed by atoms with Crippen LogP contribution >= 0.6 is 0 Å². The zero-order valence-corrected chi connectivity index (χ0v) is 13.3. The molecule has 24 heavy (non-hydrogen) atoms. The topological polar surface area (TPSA) is 16.1 Å². The maximum absolute atomic E-state index is 13.6. The van der Waals surface area contributed by atoms with Crippen LogP contribution in [-0.2, 0) is 0 Å². The van der Waals surface area contributed by atoms with Gasteiger partial charge in [-0.2, -0.15) is 0 Å². The molecular formula is C20H18F2N2. The summed E-state index contributed by atoms with van der Waals surface area (Å²) < 4.78 is 26.7. The number of halogens is 2. The molecule has 0 N–H and O–H groups in total. The fourth-order valence-corrected chi connectivity index (χ4v) is 3.88. The summed E-state index contributed by atoms with van der Waals surface area (Å²) in [5.74, 6) is 6.34. The molecule has 1 saturated heterocycles. The summed E-state index contributed by atoms with van der Waals surface area (Å²) in [5, 5.41) is 0. The third kappa shape index (κ3) is 2.87. The van der Waals surface area contributed by atoms with Gasteiger partial charge in [-0.15, -0.1) is 0 Å². The number of rotatable bonds is 1. The monoisotopic (exact) mass is 324 g/mol. The Balaban J connectivity index is 1.53. The Morgan fingerprint density at radius 2 is 1.96 bits per heavy atom. The molecule has 1 aliphatic carbocycles. The number of hydrogen-bond acceptors (Lipinski definition) is 2. The number of hydrogen-bond donors (Lipinski definition) is 0. The van der Waals surface area contributed by atoms with E-state index in [4.69, 9.17) is 0 Å². The summed E-state index contributed by atoms with van der Waals surface area (Å²) in [6.07, 6.45) is 6.87. The lowest BCUT2D eigenvalue weighted by atomic mass is 10.0. The second-order valence-corrected chi connectivity index (χ2v) is 6.52. The van der Waals surface area contributed by atoms with Gasteiger partial charge in [-0.25, -0.2) is 13.8 Å². The summed E-state index contributed by atoms with van der Waals surface area (Å²) >= 11 is 0. The molecular weight excluding hydrogens is 306 g/mol. The van der Waals surface area contributed by atoms with Crippen LogP contribution in [0.2, 0.25) is 0 Å². The number of fused-ring (bicyclic) bond motifs is 1. The van der Waals surface area contributed by atoms with Crippen molar-refractivity contribution in [1.82, 2.24) is 4.98 Å². The van der Waals surface area contributed by atoms with Gasteiger partial charge in [0.15, 0.2) is 0 Å². The average molecular weight is 324 g/mol. The van der Waals surface area contributed by atoms with E-state index >= 15 is 0 Å². The van der Waals surface area contributed by atoms with Crippen molar-refractivity contribution >= 4 is 5.82 Å².